The fourth-order valence-electron chi connectivity index (χ4n) is 5.12. The summed E-state index contributed by atoms with van der Waals surface area (Å²) in [7, 11) is 3.44. The van der Waals surface area contributed by atoms with Crippen LogP contribution in [0.15, 0.2) is 78.9 Å². The van der Waals surface area contributed by atoms with Crippen LogP contribution in [-0.4, -0.2) is 25.8 Å². The zero-order valence-electron chi connectivity index (χ0n) is 18.4. The summed E-state index contributed by atoms with van der Waals surface area (Å²) in [5.74, 6) is 0.190. The maximum absolute atomic E-state index is 13.6. The molecule has 1 aliphatic carbocycles. The zero-order chi connectivity index (χ0) is 22.5. The zero-order valence-corrected chi connectivity index (χ0v) is 18.4. The Balaban J connectivity index is 1.56. The summed E-state index contributed by atoms with van der Waals surface area (Å²) in [5, 5.41) is 0. The van der Waals surface area contributed by atoms with Crippen molar-refractivity contribution in [3.05, 3.63) is 101 Å². The van der Waals surface area contributed by atoms with Gasteiger partial charge in [0.1, 0.15) is 5.75 Å². The molecule has 1 spiro atoms. The molecule has 160 valence electrons. The summed E-state index contributed by atoms with van der Waals surface area (Å²) >= 11 is 0. The molecule has 0 N–H and O–H groups in total. The van der Waals surface area contributed by atoms with Gasteiger partial charge >= 0.3 is 0 Å². The minimum absolute atomic E-state index is 0.00598. The van der Waals surface area contributed by atoms with Gasteiger partial charge in [0.05, 0.1) is 12.5 Å². The van der Waals surface area contributed by atoms with Gasteiger partial charge in [-0.25, -0.2) is 0 Å². The van der Waals surface area contributed by atoms with Gasteiger partial charge in [-0.15, -0.1) is 0 Å². The van der Waals surface area contributed by atoms with Gasteiger partial charge in [0.15, 0.2) is 5.78 Å². The van der Waals surface area contributed by atoms with Crippen LogP contribution in [0, 0.1) is 18.8 Å². The fraction of sp³-hybridized carbons (Fsp3) is 0.214. The van der Waals surface area contributed by atoms with Crippen molar-refractivity contribution >= 4 is 23.5 Å². The average Bonchev–Trinajstić information content (AvgIpc) is 3.45. The number of allylic oxidation sites excluding steroid dienone is 1. The normalized spacial score (nSPS) is 23.6. The van der Waals surface area contributed by atoms with E-state index in [1.165, 1.54) is 0 Å². The number of para-hydroxylation sites is 1. The largest absolute Gasteiger partial charge is 0.497 e. The van der Waals surface area contributed by atoms with E-state index in [4.69, 9.17) is 4.74 Å². The Bertz CT molecular complexity index is 1230. The van der Waals surface area contributed by atoms with Crippen molar-refractivity contribution in [1.29, 1.82) is 0 Å². The highest BCUT2D eigenvalue weighted by atomic mass is 16.5. The molecule has 3 atom stereocenters. The third-order valence-electron chi connectivity index (χ3n) is 6.87. The number of carbonyl (C=O) groups is 2. The van der Waals surface area contributed by atoms with Crippen molar-refractivity contribution in [3.8, 4) is 5.75 Å². The van der Waals surface area contributed by atoms with E-state index in [0.29, 0.717) is 5.56 Å². The number of hydrogen-bond acceptors (Lipinski definition) is 3. The molecule has 1 fully saturated rings. The van der Waals surface area contributed by atoms with Crippen molar-refractivity contribution < 1.29 is 14.3 Å². The summed E-state index contributed by atoms with van der Waals surface area (Å²) < 4.78 is 5.24. The Morgan fingerprint density at radius 3 is 2.38 bits per heavy atom. The first kappa shape index (κ1) is 20.3. The lowest BCUT2D eigenvalue weighted by atomic mass is 9.91. The van der Waals surface area contributed by atoms with Crippen LogP contribution in [0.4, 0.5) is 5.69 Å². The van der Waals surface area contributed by atoms with E-state index in [9.17, 15) is 9.59 Å². The van der Waals surface area contributed by atoms with Gasteiger partial charge in [-0.05, 0) is 36.2 Å². The summed E-state index contributed by atoms with van der Waals surface area (Å²) in [6.45, 7) is 2.00. The Labute approximate surface area is 188 Å². The molecule has 0 radical (unpaired) electrons. The minimum atomic E-state index is -0.837. The molecule has 2 unspecified atom stereocenters. The molecule has 5 rings (SSSR count). The number of methoxy groups -OCH3 is 1. The predicted molar refractivity (Wildman–Crippen MR) is 126 cm³/mol. The highest BCUT2D eigenvalue weighted by molar-refractivity contribution is 6.17. The average molecular weight is 424 g/mol. The molecule has 4 heteroatoms. The number of ketones is 1. The van der Waals surface area contributed by atoms with E-state index >= 15 is 0 Å². The number of rotatable bonds is 5. The first-order valence-corrected chi connectivity index (χ1v) is 10.8. The fourth-order valence-corrected chi connectivity index (χ4v) is 5.12. The van der Waals surface area contributed by atoms with Gasteiger partial charge < -0.3 is 9.64 Å². The third-order valence-corrected chi connectivity index (χ3v) is 6.87. The molecule has 32 heavy (non-hydrogen) atoms. The first-order valence-electron chi connectivity index (χ1n) is 10.8. The molecule has 0 aromatic heterocycles. The second kappa shape index (κ2) is 7.49. The molecule has 1 aliphatic heterocycles. The highest BCUT2D eigenvalue weighted by Gasteiger charge is 2.75. The molecule has 0 bridgehead atoms. The van der Waals surface area contributed by atoms with Crippen molar-refractivity contribution in [2.45, 2.75) is 12.3 Å². The lowest BCUT2D eigenvalue weighted by Gasteiger charge is -2.11. The predicted octanol–water partition coefficient (Wildman–Crippen LogP) is 5.06. The van der Waals surface area contributed by atoms with Crippen molar-refractivity contribution in [2.24, 2.45) is 11.8 Å². The van der Waals surface area contributed by atoms with Crippen LogP contribution in [0.1, 0.15) is 27.0 Å². The number of anilines is 1. The number of aryl methyl sites for hydroxylation is 1. The van der Waals surface area contributed by atoms with Crippen molar-refractivity contribution in [2.75, 3.05) is 19.1 Å². The molecule has 3 aromatic carbocycles. The highest BCUT2D eigenvalue weighted by Crippen LogP contribution is 2.67. The smallest absolute Gasteiger partial charge is 0.238 e. The summed E-state index contributed by atoms with van der Waals surface area (Å²) in [6, 6.07) is 23.2. The quantitative estimate of drug-likeness (QED) is 0.539. The second-order valence-corrected chi connectivity index (χ2v) is 8.62. The molecule has 1 saturated carbocycles. The van der Waals surface area contributed by atoms with Gasteiger partial charge in [0.25, 0.3) is 0 Å². The van der Waals surface area contributed by atoms with E-state index in [-0.39, 0.29) is 17.6 Å². The van der Waals surface area contributed by atoms with E-state index in [1.807, 2.05) is 91.9 Å². The lowest BCUT2D eigenvalue weighted by molar-refractivity contribution is -0.120. The van der Waals surface area contributed by atoms with Crippen LogP contribution in [0.2, 0.25) is 0 Å². The Morgan fingerprint density at radius 1 is 1.00 bits per heavy atom. The van der Waals surface area contributed by atoms with Crippen LogP contribution >= 0.6 is 0 Å². The third kappa shape index (κ3) is 2.90. The number of fused-ring (bicyclic) bond motifs is 2. The molecular weight excluding hydrogens is 398 g/mol. The van der Waals surface area contributed by atoms with Crippen LogP contribution in [0.5, 0.6) is 5.75 Å². The van der Waals surface area contributed by atoms with Gasteiger partial charge in [-0.1, -0.05) is 72.3 Å². The van der Waals surface area contributed by atoms with Crippen LogP contribution < -0.4 is 9.64 Å². The van der Waals surface area contributed by atoms with Gasteiger partial charge in [0.2, 0.25) is 5.91 Å². The summed E-state index contributed by atoms with van der Waals surface area (Å²) in [4.78, 5) is 28.9. The molecule has 1 heterocycles. The Hall–Kier alpha value is -3.66. The maximum atomic E-state index is 13.6. The first-order chi connectivity index (χ1) is 15.5. The lowest BCUT2D eigenvalue weighted by Crippen LogP contribution is -2.31. The number of ether oxygens (including phenoxy) is 1. The van der Waals surface area contributed by atoms with Crippen LogP contribution in [0.3, 0.4) is 0 Å². The molecule has 3 aromatic rings. The van der Waals surface area contributed by atoms with Crippen molar-refractivity contribution in [3.63, 3.8) is 0 Å². The number of carbonyl (C=O) groups excluding carboxylic acids is 2. The monoisotopic (exact) mass is 423 g/mol. The number of hydrogen-bond donors (Lipinski definition) is 0. The number of Topliss-reactive ketones (excluding diaryl/α,β-unsaturated/α-hetero) is 1. The van der Waals surface area contributed by atoms with Crippen LogP contribution in [-0.2, 0) is 10.2 Å². The van der Waals surface area contributed by atoms with Gasteiger partial charge in [-0.3, -0.25) is 9.59 Å². The Kier molecular flexibility index (Phi) is 4.74. The summed E-state index contributed by atoms with van der Waals surface area (Å²) in [6.07, 6.45) is 4.04. The minimum Gasteiger partial charge on any atom is -0.497 e. The topological polar surface area (TPSA) is 46.6 Å². The standard InChI is InChI=1S/C28H25NO3/c1-18-8-13-20(14-9-18)26(30)25-23(17-12-19-10-15-21(32-3)16-11-19)28(25)22-6-4-5-7-24(22)29(2)27(28)31/h4-17,23,25H,1-3H3/b17-12+/t23?,25?,28-/m0/s1. The molecular formula is C28H25NO3. The maximum Gasteiger partial charge on any atom is 0.238 e. The van der Waals surface area contributed by atoms with Gasteiger partial charge in [0, 0.05) is 30.1 Å². The summed E-state index contributed by atoms with van der Waals surface area (Å²) in [5.41, 5.74) is 3.75. The van der Waals surface area contributed by atoms with Crippen LogP contribution in [0.25, 0.3) is 6.08 Å². The number of amides is 1. The number of nitrogens with zero attached hydrogens (tertiary/aromatic N) is 1. The molecule has 2 aliphatic rings. The van der Waals surface area contributed by atoms with Crippen molar-refractivity contribution in [1.82, 2.24) is 0 Å². The molecule has 4 nitrogen and oxygen atoms in total. The Morgan fingerprint density at radius 2 is 1.69 bits per heavy atom. The molecule has 1 amide bonds. The van der Waals surface area contributed by atoms with E-state index in [2.05, 4.69) is 0 Å². The van der Waals surface area contributed by atoms with Gasteiger partial charge in [-0.2, -0.15) is 0 Å². The SMILES string of the molecule is COc1ccc(/C=C/C2C(C(=O)c3ccc(C)cc3)[C@@]23C(=O)N(C)c2ccccc23)cc1. The van der Waals surface area contributed by atoms with E-state index < -0.39 is 11.3 Å². The van der Waals surface area contributed by atoms with E-state index in [1.54, 1.807) is 19.1 Å². The number of benzene rings is 3. The van der Waals surface area contributed by atoms with E-state index in [0.717, 1.165) is 28.1 Å². The molecule has 0 saturated heterocycles. The number of likely N-dealkylation sites (N-methyl/N-ethyl adjacent to an activating group) is 1. The second-order valence-electron chi connectivity index (χ2n) is 8.62.